The lowest BCUT2D eigenvalue weighted by Crippen LogP contribution is -2.34. The first kappa shape index (κ1) is 12.6. The van der Waals surface area contributed by atoms with Crippen LogP contribution in [-0.4, -0.2) is 42.4 Å². The number of nitrogens with zero attached hydrogens (tertiary/aromatic N) is 1. The minimum Gasteiger partial charge on any atom is -0.389 e. The van der Waals surface area contributed by atoms with E-state index in [1.807, 2.05) is 30.3 Å². The Hall–Kier alpha value is -0.900. The zero-order chi connectivity index (χ0) is 12.1. The van der Waals surface area contributed by atoms with E-state index in [1.165, 1.54) is 0 Å². The Bertz CT molecular complexity index is 328. The highest BCUT2D eigenvalue weighted by Crippen LogP contribution is 2.24. The van der Waals surface area contributed by atoms with Gasteiger partial charge in [-0.25, -0.2) is 0 Å². The molecule has 94 valence electrons. The van der Waals surface area contributed by atoms with Gasteiger partial charge in [0, 0.05) is 13.1 Å². The second kappa shape index (κ2) is 6.15. The number of hydrogen-bond acceptors (Lipinski definition) is 3. The topological polar surface area (TPSA) is 32.7 Å². The van der Waals surface area contributed by atoms with E-state index < -0.39 is 6.10 Å². The molecule has 1 heterocycles. The maximum atomic E-state index is 10.2. The molecule has 3 nitrogen and oxygen atoms in total. The van der Waals surface area contributed by atoms with Gasteiger partial charge in [-0.15, -0.1) is 0 Å². The molecule has 1 aliphatic rings. The summed E-state index contributed by atoms with van der Waals surface area (Å²) >= 11 is 0. The molecule has 0 bridgehead atoms. The van der Waals surface area contributed by atoms with Crippen LogP contribution in [-0.2, 0) is 4.74 Å². The van der Waals surface area contributed by atoms with Crippen molar-refractivity contribution in [3.05, 3.63) is 35.9 Å². The van der Waals surface area contributed by atoms with Crippen LogP contribution >= 0.6 is 0 Å². The smallest absolute Gasteiger partial charge is 0.110 e. The van der Waals surface area contributed by atoms with Crippen molar-refractivity contribution in [2.75, 3.05) is 26.2 Å². The Labute approximate surface area is 103 Å². The summed E-state index contributed by atoms with van der Waals surface area (Å²) in [5.41, 5.74) is 1.07. The highest BCUT2D eigenvalue weighted by molar-refractivity contribution is 5.19. The molecule has 0 radical (unpaired) electrons. The van der Waals surface area contributed by atoms with Gasteiger partial charge in [-0.2, -0.15) is 0 Å². The predicted octanol–water partition coefficient (Wildman–Crippen LogP) is 1.83. The number of rotatable bonds is 3. The van der Waals surface area contributed by atoms with Crippen molar-refractivity contribution in [1.29, 1.82) is 0 Å². The first-order valence-corrected chi connectivity index (χ1v) is 6.38. The van der Waals surface area contributed by atoms with E-state index in [0.29, 0.717) is 13.2 Å². The minimum absolute atomic E-state index is 0.182. The molecular formula is C14H21NO2. The summed E-state index contributed by atoms with van der Waals surface area (Å²) in [5, 5.41) is 10.2. The van der Waals surface area contributed by atoms with Gasteiger partial charge in [0.05, 0.1) is 12.7 Å². The summed E-state index contributed by atoms with van der Waals surface area (Å²) in [6.45, 7) is 5.49. The summed E-state index contributed by atoms with van der Waals surface area (Å²) in [6.07, 6.45) is 0.493. The van der Waals surface area contributed by atoms with Crippen LogP contribution in [0.3, 0.4) is 0 Å². The van der Waals surface area contributed by atoms with Crippen LogP contribution in [0, 0.1) is 0 Å². The number of hydrogen-bond donors (Lipinski definition) is 1. The van der Waals surface area contributed by atoms with Crippen LogP contribution in [0.4, 0.5) is 0 Å². The predicted molar refractivity (Wildman–Crippen MR) is 67.9 cm³/mol. The van der Waals surface area contributed by atoms with E-state index in [4.69, 9.17) is 4.74 Å². The Morgan fingerprint density at radius 3 is 2.82 bits per heavy atom. The molecule has 2 atom stereocenters. The van der Waals surface area contributed by atoms with E-state index in [2.05, 4.69) is 11.8 Å². The molecular weight excluding hydrogens is 214 g/mol. The van der Waals surface area contributed by atoms with E-state index in [1.54, 1.807) is 0 Å². The third-order valence-corrected chi connectivity index (χ3v) is 3.17. The zero-order valence-electron chi connectivity index (χ0n) is 10.4. The summed E-state index contributed by atoms with van der Waals surface area (Å²) in [6, 6.07) is 9.99. The quantitative estimate of drug-likeness (QED) is 0.867. The van der Waals surface area contributed by atoms with Gasteiger partial charge < -0.3 is 9.84 Å². The van der Waals surface area contributed by atoms with Crippen LogP contribution in [0.2, 0.25) is 0 Å². The first-order chi connectivity index (χ1) is 8.31. The maximum absolute atomic E-state index is 10.2. The molecule has 1 saturated heterocycles. The molecule has 1 aliphatic heterocycles. The molecule has 1 aromatic rings. The Kier molecular flexibility index (Phi) is 4.54. The van der Waals surface area contributed by atoms with Gasteiger partial charge in [0.1, 0.15) is 6.10 Å². The third kappa shape index (κ3) is 3.28. The Morgan fingerprint density at radius 1 is 1.35 bits per heavy atom. The molecule has 3 heteroatoms. The first-order valence-electron chi connectivity index (χ1n) is 6.38. The van der Waals surface area contributed by atoms with Gasteiger partial charge in [-0.3, -0.25) is 4.90 Å². The standard InChI is InChI=1S/C14H21NO2/c1-2-8-15-9-10-17-14(13(16)11-15)12-6-4-3-5-7-12/h3-7,13-14,16H,2,8-11H2,1H3/t13-,14?/m0/s1. The molecule has 1 fully saturated rings. The molecule has 17 heavy (non-hydrogen) atoms. The summed E-state index contributed by atoms with van der Waals surface area (Å²) in [4.78, 5) is 2.27. The lowest BCUT2D eigenvalue weighted by atomic mass is 10.0. The zero-order valence-corrected chi connectivity index (χ0v) is 10.4. The highest BCUT2D eigenvalue weighted by atomic mass is 16.5. The van der Waals surface area contributed by atoms with Crippen molar-refractivity contribution in [3.63, 3.8) is 0 Å². The van der Waals surface area contributed by atoms with Gasteiger partial charge in [0.15, 0.2) is 0 Å². The van der Waals surface area contributed by atoms with Crippen molar-refractivity contribution in [2.24, 2.45) is 0 Å². The van der Waals surface area contributed by atoms with Crippen molar-refractivity contribution in [1.82, 2.24) is 4.90 Å². The number of benzene rings is 1. The van der Waals surface area contributed by atoms with Crippen molar-refractivity contribution in [3.8, 4) is 0 Å². The molecule has 2 rings (SSSR count). The third-order valence-electron chi connectivity index (χ3n) is 3.17. The summed E-state index contributed by atoms with van der Waals surface area (Å²) in [5.74, 6) is 0. The van der Waals surface area contributed by atoms with E-state index in [9.17, 15) is 5.11 Å². The van der Waals surface area contributed by atoms with Crippen LogP contribution < -0.4 is 0 Å². The fourth-order valence-corrected chi connectivity index (χ4v) is 2.35. The average Bonchev–Trinajstić information content (AvgIpc) is 2.52. The van der Waals surface area contributed by atoms with Gasteiger partial charge in [0.25, 0.3) is 0 Å². The molecule has 1 N–H and O–H groups in total. The molecule has 0 aliphatic carbocycles. The van der Waals surface area contributed by atoms with Crippen LogP contribution in [0.25, 0.3) is 0 Å². The SMILES string of the molecule is CCCN1CCOC(c2ccccc2)[C@@H](O)C1. The minimum atomic E-state index is -0.438. The monoisotopic (exact) mass is 235 g/mol. The number of ether oxygens (including phenoxy) is 1. The average molecular weight is 235 g/mol. The maximum Gasteiger partial charge on any atom is 0.110 e. The van der Waals surface area contributed by atoms with Gasteiger partial charge in [0.2, 0.25) is 0 Å². The number of aliphatic hydroxyl groups is 1. The van der Waals surface area contributed by atoms with E-state index >= 15 is 0 Å². The van der Waals surface area contributed by atoms with Crippen LogP contribution in [0.5, 0.6) is 0 Å². The molecule has 1 aromatic carbocycles. The fraction of sp³-hybridized carbons (Fsp3) is 0.571. The molecule has 0 spiro atoms. The second-order valence-corrected chi connectivity index (χ2v) is 4.57. The van der Waals surface area contributed by atoms with Crippen molar-refractivity contribution in [2.45, 2.75) is 25.6 Å². The molecule has 0 saturated carbocycles. The van der Waals surface area contributed by atoms with Crippen molar-refractivity contribution < 1.29 is 9.84 Å². The lowest BCUT2D eigenvalue weighted by Gasteiger charge is -2.23. The fourth-order valence-electron chi connectivity index (χ4n) is 2.35. The molecule has 0 aromatic heterocycles. The van der Waals surface area contributed by atoms with E-state index in [0.717, 1.165) is 25.1 Å². The van der Waals surface area contributed by atoms with Crippen LogP contribution in [0.15, 0.2) is 30.3 Å². The van der Waals surface area contributed by atoms with Gasteiger partial charge in [-0.05, 0) is 18.5 Å². The largest absolute Gasteiger partial charge is 0.389 e. The molecule has 0 amide bonds. The van der Waals surface area contributed by atoms with Gasteiger partial charge >= 0.3 is 0 Å². The summed E-state index contributed by atoms with van der Waals surface area (Å²) in [7, 11) is 0. The second-order valence-electron chi connectivity index (χ2n) is 4.57. The highest BCUT2D eigenvalue weighted by Gasteiger charge is 2.26. The number of aliphatic hydroxyl groups excluding tert-OH is 1. The Balaban J connectivity index is 2.05. The Morgan fingerprint density at radius 2 is 2.12 bits per heavy atom. The van der Waals surface area contributed by atoms with Crippen LogP contribution in [0.1, 0.15) is 25.0 Å². The lowest BCUT2D eigenvalue weighted by molar-refractivity contribution is -0.0213. The number of β-amino-alcohol motifs (C(OH)–C–C–N with tert-alkyl or cyclic N) is 1. The van der Waals surface area contributed by atoms with E-state index in [-0.39, 0.29) is 6.10 Å². The molecule has 1 unspecified atom stereocenters. The van der Waals surface area contributed by atoms with Gasteiger partial charge in [-0.1, -0.05) is 37.3 Å². The normalized spacial score (nSPS) is 26.7. The summed E-state index contributed by atoms with van der Waals surface area (Å²) < 4.78 is 5.79. The van der Waals surface area contributed by atoms with Crippen molar-refractivity contribution >= 4 is 0 Å².